The van der Waals surface area contributed by atoms with Gasteiger partial charge in [-0.1, -0.05) is 43.8 Å². The van der Waals surface area contributed by atoms with Gasteiger partial charge in [-0.3, -0.25) is 4.98 Å². The van der Waals surface area contributed by atoms with E-state index in [0.29, 0.717) is 6.04 Å². The number of benzene rings is 1. The number of aromatic nitrogens is 1. The Balaban J connectivity index is 2.20. The van der Waals surface area contributed by atoms with Crippen molar-refractivity contribution in [1.82, 2.24) is 10.3 Å². The highest BCUT2D eigenvalue weighted by atomic mass is 32.2. The van der Waals surface area contributed by atoms with Crippen LogP contribution in [0.1, 0.15) is 38.3 Å². The Morgan fingerprint density at radius 1 is 1.10 bits per heavy atom. The summed E-state index contributed by atoms with van der Waals surface area (Å²) in [5.74, 6) is 0. The Morgan fingerprint density at radius 2 is 1.85 bits per heavy atom. The lowest BCUT2D eigenvalue weighted by atomic mass is 10.0. The summed E-state index contributed by atoms with van der Waals surface area (Å²) in [7, 11) is 0. The Hall–Kier alpha value is -1.32. The van der Waals surface area contributed by atoms with Crippen LogP contribution < -0.4 is 5.32 Å². The number of nitrogens with zero attached hydrogens (tertiary/aromatic N) is 1. The summed E-state index contributed by atoms with van der Waals surface area (Å²) in [4.78, 5) is 6.64. The molecule has 0 spiro atoms. The molecule has 0 aliphatic carbocycles. The van der Waals surface area contributed by atoms with E-state index >= 15 is 0 Å². The highest BCUT2D eigenvalue weighted by Gasteiger charge is 2.13. The molecule has 0 bridgehead atoms. The highest BCUT2D eigenvalue weighted by molar-refractivity contribution is 7.99. The van der Waals surface area contributed by atoms with Crippen molar-refractivity contribution in [2.24, 2.45) is 0 Å². The summed E-state index contributed by atoms with van der Waals surface area (Å²) in [6.45, 7) is 5.51. The van der Waals surface area contributed by atoms with Crippen molar-refractivity contribution in [2.75, 3.05) is 6.54 Å². The van der Waals surface area contributed by atoms with Gasteiger partial charge in [-0.25, -0.2) is 0 Å². The normalized spacial score (nSPS) is 12.3. The average Bonchev–Trinajstić information content (AvgIpc) is 2.50. The maximum Gasteiger partial charge on any atom is 0.0328 e. The van der Waals surface area contributed by atoms with Crippen LogP contribution in [0.25, 0.3) is 0 Å². The molecule has 0 radical (unpaired) electrons. The second-order valence-corrected chi connectivity index (χ2v) is 5.85. The first-order valence-corrected chi connectivity index (χ1v) is 8.07. The van der Waals surface area contributed by atoms with Crippen molar-refractivity contribution in [3.63, 3.8) is 0 Å². The van der Waals surface area contributed by atoms with Crippen molar-refractivity contribution in [3.8, 4) is 0 Å². The predicted molar refractivity (Wildman–Crippen MR) is 86.1 cm³/mol. The molecule has 0 saturated heterocycles. The van der Waals surface area contributed by atoms with Crippen LogP contribution in [0.3, 0.4) is 0 Å². The van der Waals surface area contributed by atoms with Crippen molar-refractivity contribution in [3.05, 3.63) is 54.4 Å². The molecule has 0 aliphatic heterocycles. The lowest BCUT2D eigenvalue weighted by molar-refractivity contribution is 0.512. The molecular formula is C17H22N2S. The Kier molecular flexibility index (Phi) is 6.09. The fraction of sp³-hybridized carbons (Fsp3) is 0.353. The molecule has 20 heavy (non-hydrogen) atoms. The molecule has 2 rings (SSSR count). The standard InChI is InChI=1S/C17H22N2S/c1-3-11-19-16(4-2)15-7-5-6-8-17(15)20-14-9-12-18-13-10-14/h5-10,12-13,16,19H,3-4,11H2,1-2H3. The zero-order chi connectivity index (χ0) is 14.2. The van der Waals surface area contributed by atoms with E-state index in [1.165, 1.54) is 15.4 Å². The third-order valence-electron chi connectivity index (χ3n) is 3.22. The lowest BCUT2D eigenvalue weighted by Gasteiger charge is -2.20. The van der Waals surface area contributed by atoms with Crippen LogP contribution in [0, 0.1) is 0 Å². The smallest absolute Gasteiger partial charge is 0.0328 e. The molecule has 2 nitrogen and oxygen atoms in total. The molecule has 0 saturated carbocycles. The molecule has 1 atom stereocenters. The number of pyridine rings is 1. The molecule has 1 heterocycles. The molecule has 0 aliphatic rings. The molecule has 0 amide bonds. The first-order valence-electron chi connectivity index (χ1n) is 7.25. The molecule has 2 aromatic rings. The van der Waals surface area contributed by atoms with Gasteiger partial charge in [0.25, 0.3) is 0 Å². The van der Waals surface area contributed by atoms with Crippen molar-refractivity contribution in [1.29, 1.82) is 0 Å². The third kappa shape index (κ3) is 4.09. The van der Waals surface area contributed by atoms with Gasteiger partial charge >= 0.3 is 0 Å². The van der Waals surface area contributed by atoms with Gasteiger partial charge in [0, 0.05) is 28.2 Å². The van der Waals surface area contributed by atoms with E-state index in [-0.39, 0.29) is 0 Å². The van der Waals surface area contributed by atoms with Crippen molar-refractivity contribution in [2.45, 2.75) is 42.5 Å². The second-order valence-electron chi connectivity index (χ2n) is 4.74. The molecule has 1 unspecified atom stereocenters. The van der Waals surface area contributed by atoms with Crippen LogP contribution >= 0.6 is 11.8 Å². The minimum absolute atomic E-state index is 0.431. The summed E-state index contributed by atoms with van der Waals surface area (Å²) >= 11 is 1.81. The Morgan fingerprint density at radius 3 is 2.55 bits per heavy atom. The molecule has 1 aromatic heterocycles. The van der Waals surface area contributed by atoms with Crippen LogP contribution in [-0.4, -0.2) is 11.5 Å². The molecule has 1 aromatic carbocycles. The van der Waals surface area contributed by atoms with Crippen molar-refractivity contribution < 1.29 is 0 Å². The number of nitrogens with one attached hydrogen (secondary N) is 1. The molecule has 1 N–H and O–H groups in total. The van der Waals surface area contributed by atoms with Gasteiger partial charge in [0.1, 0.15) is 0 Å². The first-order chi connectivity index (χ1) is 9.85. The molecule has 0 fully saturated rings. The van der Waals surface area contributed by atoms with E-state index in [4.69, 9.17) is 0 Å². The lowest BCUT2D eigenvalue weighted by Crippen LogP contribution is -2.21. The SMILES string of the molecule is CCCNC(CC)c1ccccc1Sc1ccncc1. The van der Waals surface area contributed by atoms with E-state index in [0.717, 1.165) is 19.4 Å². The average molecular weight is 286 g/mol. The Labute approximate surface area is 126 Å². The van der Waals surface area contributed by atoms with Gasteiger partial charge in [0.05, 0.1) is 0 Å². The third-order valence-corrected chi connectivity index (χ3v) is 4.32. The monoisotopic (exact) mass is 286 g/mol. The molecule has 3 heteroatoms. The molecule has 106 valence electrons. The van der Waals surface area contributed by atoms with Crippen LogP contribution in [0.15, 0.2) is 58.6 Å². The van der Waals surface area contributed by atoms with E-state index in [2.05, 4.69) is 60.5 Å². The van der Waals surface area contributed by atoms with E-state index < -0.39 is 0 Å². The summed E-state index contributed by atoms with van der Waals surface area (Å²) in [5, 5.41) is 3.64. The minimum Gasteiger partial charge on any atom is -0.310 e. The minimum atomic E-state index is 0.431. The van der Waals surface area contributed by atoms with Gasteiger partial charge in [-0.15, -0.1) is 0 Å². The van der Waals surface area contributed by atoms with Crippen LogP contribution in [0.4, 0.5) is 0 Å². The quantitative estimate of drug-likeness (QED) is 0.799. The molecular weight excluding hydrogens is 264 g/mol. The van der Waals surface area contributed by atoms with Gasteiger partial charge < -0.3 is 5.32 Å². The van der Waals surface area contributed by atoms with E-state index in [1.807, 2.05) is 24.2 Å². The fourth-order valence-corrected chi connectivity index (χ4v) is 3.17. The second kappa shape index (κ2) is 8.08. The van der Waals surface area contributed by atoms with Gasteiger partial charge in [-0.2, -0.15) is 0 Å². The number of rotatable bonds is 7. The van der Waals surface area contributed by atoms with Gasteiger partial charge in [0.15, 0.2) is 0 Å². The summed E-state index contributed by atoms with van der Waals surface area (Å²) < 4.78 is 0. The van der Waals surface area contributed by atoms with Crippen LogP contribution in [0.2, 0.25) is 0 Å². The van der Waals surface area contributed by atoms with Crippen LogP contribution in [0.5, 0.6) is 0 Å². The predicted octanol–water partition coefficient (Wildman–Crippen LogP) is 4.68. The van der Waals surface area contributed by atoms with Crippen LogP contribution in [-0.2, 0) is 0 Å². The maximum atomic E-state index is 4.08. The number of hydrogen-bond acceptors (Lipinski definition) is 3. The largest absolute Gasteiger partial charge is 0.310 e. The fourth-order valence-electron chi connectivity index (χ4n) is 2.19. The highest BCUT2D eigenvalue weighted by Crippen LogP contribution is 2.33. The zero-order valence-corrected chi connectivity index (χ0v) is 13.0. The summed E-state index contributed by atoms with van der Waals surface area (Å²) in [5.41, 5.74) is 1.39. The maximum absolute atomic E-state index is 4.08. The van der Waals surface area contributed by atoms with E-state index in [9.17, 15) is 0 Å². The first kappa shape index (κ1) is 15.1. The number of hydrogen-bond donors (Lipinski definition) is 1. The van der Waals surface area contributed by atoms with Gasteiger partial charge in [0.2, 0.25) is 0 Å². The van der Waals surface area contributed by atoms with E-state index in [1.54, 1.807) is 0 Å². The van der Waals surface area contributed by atoms with Crippen molar-refractivity contribution >= 4 is 11.8 Å². The Bertz CT molecular complexity index is 513. The zero-order valence-electron chi connectivity index (χ0n) is 12.2. The van der Waals surface area contributed by atoms with Gasteiger partial charge in [-0.05, 0) is 43.1 Å². The topological polar surface area (TPSA) is 24.9 Å². The summed E-state index contributed by atoms with van der Waals surface area (Å²) in [6, 6.07) is 13.2. The summed E-state index contributed by atoms with van der Waals surface area (Å²) in [6.07, 6.45) is 5.96.